The van der Waals surface area contributed by atoms with Crippen molar-refractivity contribution in [3.8, 4) is 0 Å². The van der Waals surface area contributed by atoms with Gasteiger partial charge in [0.2, 0.25) is 23.6 Å². The number of Topliss-reactive ketones (excluding diaryl/α,β-unsaturated/α-hetero) is 1. The second-order valence-electron chi connectivity index (χ2n) is 15.7. The summed E-state index contributed by atoms with van der Waals surface area (Å²) < 4.78 is 19.4. The Kier molecular flexibility index (Phi) is 34.1. The summed E-state index contributed by atoms with van der Waals surface area (Å²) in [5.41, 5.74) is 13.7. The third kappa shape index (κ3) is 22.7. The number of carboxylic acids is 1. The summed E-state index contributed by atoms with van der Waals surface area (Å²) >= 11 is 26.8. The molecule has 5 aromatic heterocycles. The number of aliphatic carboxylic acids is 1. The van der Waals surface area contributed by atoms with Crippen LogP contribution >= 0.6 is 95.4 Å². The molecular formula is C46H62Br3Cl2N14NaO5S2. The number of benzene rings is 2. The molecule has 7 aromatic rings. The Balaban J connectivity index is 0. The number of alkyl halides is 2. The number of rotatable bonds is 14. The van der Waals surface area contributed by atoms with E-state index < -0.39 is 5.97 Å². The molecule has 5 heterocycles. The number of halogens is 5. The Morgan fingerprint density at radius 3 is 1.45 bits per heavy atom. The van der Waals surface area contributed by atoms with Crippen LogP contribution in [-0.4, -0.2) is 79.0 Å². The van der Waals surface area contributed by atoms with Gasteiger partial charge in [-0.05, 0) is 124 Å². The van der Waals surface area contributed by atoms with Crippen LogP contribution in [0, 0.1) is 52.3 Å². The SMILES string of the molecule is CC(C)c1ccccc1S.Cc1nn(CC(=O)CN)c(C)c1Br.Cc1nn(Cc2nnc(CCl)o2)c(C)c1Br.Cc1nn(Cc2nnc(CSc3ccccc3C(C)C)o2)c(C)c1Br.N.N#N.O=C(O)CCl.[H-].[Na+]. The van der Waals surface area contributed by atoms with Crippen molar-refractivity contribution in [3.05, 3.63) is 131 Å². The first-order chi connectivity index (χ1) is 33.6. The quantitative estimate of drug-likeness (QED) is 0.0259. The number of nitrogens with two attached hydrogens (primary N) is 1. The maximum atomic E-state index is 11.1. The van der Waals surface area contributed by atoms with E-state index in [1.807, 2.05) is 63.0 Å². The molecule has 0 aliphatic carbocycles. The molecule has 0 bridgehead atoms. The smallest absolute Gasteiger partial charge is 1.00 e. The van der Waals surface area contributed by atoms with E-state index in [1.165, 1.54) is 16.0 Å². The van der Waals surface area contributed by atoms with Crippen LogP contribution < -0.4 is 41.4 Å². The van der Waals surface area contributed by atoms with E-state index in [1.54, 1.807) is 16.4 Å². The van der Waals surface area contributed by atoms with Gasteiger partial charge in [0.15, 0.2) is 5.78 Å². The van der Waals surface area contributed by atoms with Gasteiger partial charge in [-0.1, -0.05) is 64.1 Å². The second kappa shape index (κ2) is 35.7. The third-order valence-electron chi connectivity index (χ3n) is 9.70. The van der Waals surface area contributed by atoms with Gasteiger partial charge in [0.05, 0.1) is 59.9 Å². The number of nitrogens with zero attached hydrogens (tertiary/aromatic N) is 12. The van der Waals surface area contributed by atoms with Crippen molar-refractivity contribution in [1.82, 2.24) is 55.9 Å². The first kappa shape index (κ1) is 69.5. The number of aromatic nitrogens is 10. The predicted octanol–water partition coefficient (Wildman–Crippen LogP) is 9.05. The summed E-state index contributed by atoms with van der Waals surface area (Å²) in [6.07, 6.45) is 0. The van der Waals surface area contributed by atoms with Crippen LogP contribution in [0.3, 0.4) is 0 Å². The predicted molar refractivity (Wildman–Crippen MR) is 294 cm³/mol. The maximum Gasteiger partial charge on any atom is 1.00 e. The summed E-state index contributed by atoms with van der Waals surface area (Å²) in [5, 5.41) is 48.6. The van der Waals surface area contributed by atoms with E-state index in [2.05, 4.69) is 160 Å². The molecule has 73 heavy (non-hydrogen) atoms. The summed E-state index contributed by atoms with van der Waals surface area (Å²) in [4.78, 5) is 22.6. The molecule has 0 fully saturated rings. The fourth-order valence-corrected chi connectivity index (χ4v) is 8.42. The number of thioether (sulfide) groups is 1. The molecule has 6 N–H and O–H groups in total. The average molecular weight is 1290 g/mol. The van der Waals surface area contributed by atoms with Crippen molar-refractivity contribution in [2.24, 2.45) is 5.73 Å². The zero-order chi connectivity index (χ0) is 53.5. The minimum Gasteiger partial charge on any atom is -1.00 e. The van der Waals surface area contributed by atoms with Gasteiger partial charge in [-0.25, -0.2) is 0 Å². The summed E-state index contributed by atoms with van der Waals surface area (Å²) in [7, 11) is 0. The van der Waals surface area contributed by atoms with Crippen molar-refractivity contribution < 1.29 is 54.5 Å². The molecule has 19 nitrogen and oxygen atoms in total. The van der Waals surface area contributed by atoms with E-state index in [0.717, 1.165) is 52.5 Å². The van der Waals surface area contributed by atoms with Crippen LogP contribution in [0.4, 0.5) is 0 Å². The number of hydrogen-bond donors (Lipinski definition) is 4. The molecule has 394 valence electrons. The monoisotopic (exact) mass is 1280 g/mol. The number of carboxylic acid groups (broad SMARTS) is 1. The van der Waals surface area contributed by atoms with Crippen molar-refractivity contribution in [3.63, 3.8) is 0 Å². The fourth-order valence-electron chi connectivity index (χ4n) is 6.00. The van der Waals surface area contributed by atoms with Crippen LogP contribution in [-0.2, 0) is 40.9 Å². The van der Waals surface area contributed by atoms with E-state index in [9.17, 15) is 9.59 Å². The third-order valence-corrected chi connectivity index (χ3v) is 15.1. The van der Waals surface area contributed by atoms with Crippen LogP contribution in [0.5, 0.6) is 0 Å². The number of carbonyl (C=O) groups excluding carboxylic acids is 1. The van der Waals surface area contributed by atoms with E-state index in [-0.39, 0.29) is 67.8 Å². The topological polar surface area (TPSA) is 294 Å². The summed E-state index contributed by atoms with van der Waals surface area (Å²) in [6, 6.07) is 16.7. The van der Waals surface area contributed by atoms with Crippen molar-refractivity contribution in [1.29, 1.82) is 10.8 Å². The van der Waals surface area contributed by atoms with Gasteiger partial charge in [0.1, 0.15) is 31.4 Å². The van der Waals surface area contributed by atoms with Gasteiger partial charge in [-0.3, -0.25) is 23.6 Å². The van der Waals surface area contributed by atoms with E-state index in [4.69, 9.17) is 53.7 Å². The standard InChI is InChI=1S/C18H21BrN4OS.C9H10BrClN4O.C9H12S.C8H12BrN3O.C2H3ClO2.N2.H3N.Na.H/c1-11(2)14-7-5-6-8-15(14)25-10-17-21-20-16(24-17)9-23-13(4)18(19)12(3)22-23;1-5-9(10)6(2)15(14-5)4-8-13-12-7(3-11)16-8;1-7(2)8-5-3-4-6-9(8)10;1-5-8(9)6(2)12(11-5)4-7(13)3-10;3-1-2(4)5;1-2;;;/h5-8,11H,9-10H2,1-4H3;3-4H2,1-2H3;3-7,10H,1-2H3;3-4,10H2,1-2H3;1H2,(H,4,5);;1H3;;/q;;;;;;;+1;-1. The van der Waals surface area contributed by atoms with Gasteiger partial charge < -0.3 is 27.3 Å². The number of carbonyl (C=O) groups is 2. The average Bonchev–Trinajstić information content (AvgIpc) is 4.17. The molecule has 0 spiro atoms. The fraction of sp³-hybridized carbons (Fsp3) is 0.413. The second-order valence-corrected chi connectivity index (χ2v) is 20.1. The van der Waals surface area contributed by atoms with Gasteiger partial charge in [-0.15, -0.1) is 68.0 Å². The molecule has 27 heteroatoms. The molecule has 0 unspecified atom stereocenters. The summed E-state index contributed by atoms with van der Waals surface area (Å²) in [6.45, 7) is 21.7. The Morgan fingerprint density at radius 2 is 1.10 bits per heavy atom. The molecule has 2 aromatic carbocycles. The molecule has 0 aliphatic rings. The van der Waals surface area contributed by atoms with Gasteiger partial charge in [0.25, 0.3) is 0 Å². The zero-order valence-corrected chi connectivity index (χ0v) is 52.7. The Hall–Kier alpha value is -3.45. The number of ketones is 1. The minimum absolute atomic E-state index is 0. The zero-order valence-electron chi connectivity index (χ0n) is 43.7. The van der Waals surface area contributed by atoms with Crippen molar-refractivity contribution in [2.45, 2.75) is 122 Å². The normalized spacial score (nSPS) is 10.2. The van der Waals surface area contributed by atoms with E-state index in [0.29, 0.717) is 54.2 Å². The first-order valence-corrected chi connectivity index (χ1v) is 26.5. The van der Waals surface area contributed by atoms with Crippen molar-refractivity contribution >= 4 is 107 Å². The Labute approximate surface area is 494 Å². The summed E-state index contributed by atoms with van der Waals surface area (Å²) in [5.74, 6) is 2.81. The van der Waals surface area contributed by atoms with Crippen molar-refractivity contribution in [2.75, 3.05) is 12.4 Å². The number of thiol groups is 1. The van der Waals surface area contributed by atoms with Crippen LogP contribution in [0.2, 0.25) is 0 Å². The first-order valence-electron chi connectivity index (χ1n) is 21.6. The molecule has 0 saturated carbocycles. The van der Waals surface area contributed by atoms with Crippen LogP contribution in [0.15, 0.2) is 80.6 Å². The molecule has 7 rings (SSSR count). The minimum atomic E-state index is -0.980. The molecule has 0 atom stereocenters. The molecule has 0 amide bonds. The van der Waals surface area contributed by atoms with Crippen LogP contribution in [0.25, 0.3) is 0 Å². The van der Waals surface area contributed by atoms with Gasteiger partial charge in [-0.2, -0.15) is 15.3 Å². The number of aryl methyl sites for hydroxylation is 3. The van der Waals surface area contributed by atoms with E-state index >= 15 is 0 Å². The number of hydrogen-bond acceptors (Lipinski definition) is 17. The molecular weight excluding hydrogens is 1230 g/mol. The van der Waals surface area contributed by atoms with Gasteiger partial charge in [0, 0.05) is 20.6 Å². The van der Waals surface area contributed by atoms with Gasteiger partial charge >= 0.3 is 35.5 Å². The molecule has 0 aliphatic heterocycles. The molecule has 0 saturated heterocycles. The Morgan fingerprint density at radius 1 is 0.712 bits per heavy atom. The van der Waals surface area contributed by atoms with Crippen LogP contribution in [0.1, 0.15) is 110 Å². The maximum absolute atomic E-state index is 11.1. The largest absolute Gasteiger partial charge is 1.00 e. The molecule has 0 radical (unpaired) electrons. The Bertz CT molecular complexity index is 2810.